The Kier molecular flexibility index (Phi) is 5.05. The fourth-order valence-corrected chi connectivity index (χ4v) is 4.90. The zero-order chi connectivity index (χ0) is 20.0. The number of pyridine rings is 2. The zero-order valence-corrected chi connectivity index (χ0v) is 17.7. The van der Waals surface area contributed by atoms with E-state index in [4.69, 9.17) is 4.74 Å². The summed E-state index contributed by atoms with van der Waals surface area (Å²) in [7, 11) is 0. The molecule has 0 spiro atoms. The van der Waals surface area contributed by atoms with Gasteiger partial charge in [0, 0.05) is 42.5 Å². The summed E-state index contributed by atoms with van der Waals surface area (Å²) < 4.78 is 21.8. The fourth-order valence-electron chi connectivity index (χ4n) is 4.10. The minimum absolute atomic E-state index is 0.0620. The Hall–Kier alpha value is -2.12. The van der Waals surface area contributed by atoms with Crippen LogP contribution in [0.1, 0.15) is 48.4 Å². The standard InChI is InChI=1S/C21H25FN4OS/c1-11-6-16(7-12(2)23-11)27-17-8-13(3)26(10-17)14(4)20-18(22)9-19-21(25-20)24-15(5)28-19/h6-7,9,13-14,17H,8,10H2,1-5H3/t13-,14-,17+/m0/s1. The molecule has 0 bridgehead atoms. The number of ether oxygens (including phenoxy) is 1. The van der Waals surface area contributed by atoms with E-state index in [9.17, 15) is 4.39 Å². The van der Waals surface area contributed by atoms with Crippen LogP contribution in [0.3, 0.4) is 0 Å². The van der Waals surface area contributed by atoms with E-state index in [2.05, 4.69) is 26.8 Å². The van der Waals surface area contributed by atoms with Crippen molar-refractivity contribution in [1.29, 1.82) is 0 Å². The van der Waals surface area contributed by atoms with Gasteiger partial charge in [0.1, 0.15) is 17.7 Å². The number of hydrogen-bond acceptors (Lipinski definition) is 6. The van der Waals surface area contributed by atoms with E-state index in [1.807, 2.05) is 39.8 Å². The SMILES string of the molecule is Cc1cc(O[C@@H]2C[C@H](C)N([C@@H](C)c3nc4nc(C)sc4cc3F)C2)cc(C)n1. The van der Waals surface area contributed by atoms with Crippen molar-refractivity contribution in [3.8, 4) is 5.75 Å². The lowest BCUT2D eigenvalue weighted by molar-refractivity contribution is 0.166. The first-order chi connectivity index (χ1) is 13.3. The second-order valence-corrected chi connectivity index (χ2v) is 8.93. The summed E-state index contributed by atoms with van der Waals surface area (Å²) in [6.07, 6.45) is 0.955. The fraction of sp³-hybridized carbons (Fsp3) is 0.476. The molecule has 3 aromatic rings. The van der Waals surface area contributed by atoms with Gasteiger partial charge in [-0.2, -0.15) is 0 Å². The van der Waals surface area contributed by atoms with Gasteiger partial charge < -0.3 is 4.74 Å². The van der Waals surface area contributed by atoms with Crippen molar-refractivity contribution in [3.63, 3.8) is 0 Å². The maximum absolute atomic E-state index is 14.7. The third kappa shape index (κ3) is 3.73. The van der Waals surface area contributed by atoms with E-state index < -0.39 is 0 Å². The van der Waals surface area contributed by atoms with Gasteiger partial charge in [0.15, 0.2) is 5.65 Å². The molecule has 0 aliphatic carbocycles. The first-order valence-electron chi connectivity index (χ1n) is 9.61. The summed E-state index contributed by atoms with van der Waals surface area (Å²) in [5.74, 6) is 0.584. The van der Waals surface area contributed by atoms with Crippen molar-refractivity contribution in [3.05, 3.63) is 46.1 Å². The molecule has 3 atom stereocenters. The molecule has 0 radical (unpaired) electrons. The maximum atomic E-state index is 14.7. The number of halogens is 1. The Labute approximate surface area is 168 Å². The Morgan fingerprint density at radius 2 is 1.86 bits per heavy atom. The number of thiazole rings is 1. The molecule has 148 valence electrons. The highest BCUT2D eigenvalue weighted by molar-refractivity contribution is 7.18. The van der Waals surface area contributed by atoms with Crippen molar-refractivity contribution in [2.24, 2.45) is 0 Å². The second-order valence-electron chi connectivity index (χ2n) is 7.69. The molecule has 0 saturated carbocycles. The molecule has 0 amide bonds. The van der Waals surface area contributed by atoms with Crippen LogP contribution in [0, 0.1) is 26.6 Å². The molecular formula is C21H25FN4OS. The highest BCUT2D eigenvalue weighted by Crippen LogP contribution is 2.33. The van der Waals surface area contributed by atoms with E-state index in [0.29, 0.717) is 11.3 Å². The van der Waals surface area contributed by atoms with Gasteiger partial charge in [0.2, 0.25) is 0 Å². The van der Waals surface area contributed by atoms with Crippen LogP contribution in [0.15, 0.2) is 18.2 Å². The van der Waals surface area contributed by atoms with Gasteiger partial charge in [0.25, 0.3) is 0 Å². The topological polar surface area (TPSA) is 51.1 Å². The van der Waals surface area contributed by atoms with E-state index >= 15 is 0 Å². The van der Waals surface area contributed by atoms with Crippen LogP contribution < -0.4 is 4.74 Å². The van der Waals surface area contributed by atoms with Crippen LogP contribution in [-0.4, -0.2) is 38.5 Å². The molecule has 1 aliphatic heterocycles. The van der Waals surface area contributed by atoms with Gasteiger partial charge in [-0.05, 0) is 40.7 Å². The van der Waals surface area contributed by atoms with Crippen molar-refractivity contribution in [2.75, 3.05) is 6.54 Å². The van der Waals surface area contributed by atoms with Crippen LogP contribution in [0.2, 0.25) is 0 Å². The summed E-state index contributed by atoms with van der Waals surface area (Å²) in [5, 5.41) is 0.901. The van der Waals surface area contributed by atoms with Gasteiger partial charge in [-0.3, -0.25) is 9.88 Å². The molecule has 0 unspecified atom stereocenters. The molecule has 1 aliphatic rings. The summed E-state index contributed by atoms with van der Waals surface area (Å²) in [6, 6.07) is 5.62. The normalized spacial score (nSPS) is 21.4. The maximum Gasteiger partial charge on any atom is 0.171 e. The lowest BCUT2D eigenvalue weighted by atomic mass is 10.1. The molecule has 7 heteroatoms. The highest BCUT2D eigenvalue weighted by Gasteiger charge is 2.35. The molecule has 0 N–H and O–H groups in total. The zero-order valence-electron chi connectivity index (χ0n) is 16.9. The van der Waals surface area contributed by atoms with Crippen molar-refractivity contribution >= 4 is 21.7 Å². The number of aryl methyl sites for hydroxylation is 3. The first kappa shape index (κ1) is 19.2. The molecule has 4 heterocycles. The Balaban J connectivity index is 1.53. The third-order valence-corrected chi connectivity index (χ3v) is 6.21. The van der Waals surface area contributed by atoms with E-state index in [1.165, 1.54) is 11.3 Å². The van der Waals surface area contributed by atoms with E-state index in [-0.39, 0.29) is 24.0 Å². The number of nitrogens with zero attached hydrogens (tertiary/aromatic N) is 4. The average Bonchev–Trinajstić information content (AvgIpc) is 3.13. The smallest absolute Gasteiger partial charge is 0.171 e. The van der Waals surface area contributed by atoms with Crippen LogP contribution in [0.4, 0.5) is 4.39 Å². The first-order valence-corrected chi connectivity index (χ1v) is 10.4. The average molecular weight is 401 g/mol. The quantitative estimate of drug-likeness (QED) is 0.632. The number of likely N-dealkylation sites (tertiary alicyclic amines) is 1. The number of fused-ring (bicyclic) bond motifs is 1. The Bertz CT molecular complexity index is 1000. The minimum Gasteiger partial charge on any atom is -0.489 e. The highest BCUT2D eigenvalue weighted by atomic mass is 32.1. The third-order valence-electron chi connectivity index (χ3n) is 5.31. The molecule has 1 fully saturated rings. The summed E-state index contributed by atoms with van der Waals surface area (Å²) in [5.41, 5.74) is 2.99. The molecule has 1 saturated heterocycles. The number of hydrogen-bond donors (Lipinski definition) is 0. The van der Waals surface area contributed by atoms with Gasteiger partial charge in [-0.15, -0.1) is 11.3 Å². The van der Waals surface area contributed by atoms with Gasteiger partial charge >= 0.3 is 0 Å². The van der Waals surface area contributed by atoms with Gasteiger partial charge in [0.05, 0.1) is 21.4 Å². The van der Waals surface area contributed by atoms with E-state index in [0.717, 1.165) is 39.8 Å². The minimum atomic E-state index is -0.263. The molecule has 5 nitrogen and oxygen atoms in total. The van der Waals surface area contributed by atoms with Gasteiger partial charge in [-0.1, -0.05) is 0 Å². The lowest BCUT2D eigenvalue weighted by Gasteiger charge is -2.28. The molecular weight excluding hydrogens is 375 g/mol. The second kappa shape index (κ2) is 7.37. The van der Waals surface area contributed by atoms with Crippen LogP contribution in [0.25, 0.3) is 10.3 Å². The monoisotopic (exact) mass is 400 g/mol. The predicted octanol–water partition coefficient (Wildman–Crippen LogP) is 4.75. The van der Waals surface area contributed by atoms with Crippen molar-refractivity contribution < 1.29 is 9.13 Å². The van der Waals surface area contributed by atoms with Gasteiger partial charge in [-0.25, -0.2) is 14.4 Å². The molecule has 28 heavy (non-hydrogen) atoms. The molecule has 4 rings (SSSR count). The summed E-state index contributed by atoms with van der Waals surface area (Å²) >= 11 is 1.47. The lowest BCUT2D eigenvalue weighted by Crippen LogP contribution is -2.32. The molecule has 0 aromatic carbocycles. The number of rotatable bonds is 4. The summed E-state index contributed by atoms with van der Waals surface area (Å²) in [6.45, 7) is 10.8. The Morgan fingerprint density at radius 1 is 1.14 bits per heavy atom. The van der Waals surface area contributed by atoms with Crippen LogP contribution in [0.5, 0.6) is 5.75 Å². The summed E-state index contributed by atoms with van der Waals surface area (Å²) in [4.78, 5) is 15.6. The van der Waals surface area contributed by atoms with Crippen molar-refractivity contribution in [1.82, 2.24) is 19.9 Å². The number of aromatic nitrogens is 3. The van der Waals surface area contributed by atoms with Crippen molar-refractivity contribution in [2.45, 2.75) is 59.2 Å². The Morgan fingerprint density at radius 3 is 2.57 bits per heavy atom. The van der Waals surface area contributed by atoms with Crippen LogP contribution >= 0.6 is 11.3 Å². The molecule has 3 aromatic heterocycles. The largest absolute Gasteiger partial charge is 0.489 e. The van der Waals surface area contributed by atoms with E-state index in [1.54, 1.807) is 6.07 Å². The predicted molar refractivity (Wildman–Crippen MR) is 109 cm³/mol. The van der Waals surface area contributed by atoms with Crippen LogP contribution in [-0.2, 0) is 0 Å².